The lowest BCUT2D eigenvalue weighted by Crippen LogP contribution is -2.28. The molecule has 1 aliphatic heterocycles. The van der Waals surface area contributed by atoms with E-state index in [1.54, 1.807) is 28.8 Å². The molecule has 0 radical (unpaired) electrons. The zero-order chi connectivity index (χ0) is 14.8. The zero-order valence-electron chi connectivity index (χ0n) is 11.5. The fourth-order valence-corrected chi connectivity index (χ4v) is 2.74. The Morgan fingerprint density at radius 1 is 1.57 bits per heavy atom. The number of hydrogen-bond acceptors (Lipinski definition) is 5. The number of likely N-dealkylation sites (tertiary alicyclic amines) is 1. The predicted molar refractivity (Wildman–Crippen MR) is 76.7 cm³/mol. The molecule has 3 rings (SSSR count). The smallest absolute Gasteiger partial charge is 0.289 e. The molecule has 21 heavy (non-hydrogen) atoms. The van der Waals surface area contributed by atoms with Crippen LogP contribution in [0.1, 0.15) is 28.7 Å². The summed E-state index contributed by atoms with van der Waals surface area (Å²) in [4.78, 5) is 14.1. The van der Waals surface area contributed by atoms with Crippen molar-refractivity contribution < 1.29 is 13.9 Å². The summed E-state index contributed by atoms with van der Waals surface area (Å²) in [7, 11) is 1.62. The lowest BCUT2D eigenvalue weighted by molar-refractivity contribution is 0.0754. The predicted octanol–water partition coefficient (Wildman–Crippen LogP) is 1.87. The molecule has 2 aromatic rings. The van der Waals surface area contributed by atoms with E-state index in [1.807, 2.05) is 6.20 Å². The summed E-state index contributed by atoms with van der Waals surface area (Å²) in [6, 6.07) is 3.53. The summed E-state index contributed by atoms with van der Waals surface area (Å²) in [5, 5.41) is 8.15. The molecule has 0 aromatic carbocycles. The Morgan fingerprint density at radius 2 is 2.43 bits per heavy atom. The maximum atomic E-state index is 12.3. The van der Waals surface area contributed by atoms with Gasteiger partial charge in [-0.15, -0.1) is 5.10 Å². The molecular formula is C13H15BrN4O3. The van der Waals surface area contributed by atoms with Gasteiger partial charge in [0.25, 0.3) is 5.91 Å². The Kier molecular flexibility index (Phi) is 4.07. The first-order valence-electron chi connectivity index (χ1n) is 6.61. The minimum atomic E-state index is -0.0968. The van der Waals surface area contributed by atoms with Crippen LogP contribution < -0.4 is 0 Å². The average Bonchev–Trinajstić information content (AvgIpc) is 3.17. The summed E-state index contributed by atoms with van der Waals surface area (Å²) in [5.41, 5.74) is 0.789. The molecule has 0 N–H and O–H groups in total. The van der Waals surface area contributed by atoms with Crippen molar-refractivity contribution >= 4 is 21.8 Å². The van der Waals surface area contributed by atoms with Gasteiger partial charge in [0.05, 0.1) is 18.8 Å². The van der Waals surface area contributed by atoms with E-state index in [0.717, 1.165) is 12.1 Å². The summed E-state index contributed by atoms with van der Waals surface area (Å²) < 4.78 is 12.7. The average molecular weight is 355 g/mol. The molecule has 0 unspecified atom stereocenters. The van der Waals surface area contributed by atoms with Crippen LogP contribution in [0.5, 0.6) is 0 Å². The van der Waals surface area contributed by atoms with Gasteiger partial charge in [-0.3, -0.25) is 4.79 Å². The normalized spacial score (nSPS) is 18.4. The standard InChI is InChI=1S/C13H15BrN4O3/c1-20-8-9-6-18(16-15-9)10-4-5-17(7-10)13(19)11-2-3-12(14)21-11/h2-3,6,10H,4-5,7-8H2,1H3/t10-/m1/s1. The highest BCUT2D eigenvalue weighted by Crippen LogP contribution is 2.24. The van der Waals surface area contributed by atoms with Crippen LogP contribution in [0.4, 0.5) is 0 Å². The van der Waals surface area contributed by atoms with Gasteiger partial charge >= 0.3 is 0 Å². The van der Waals surface area contributed by atoms with E-state index in [4.69, 9.17) is 9.15 Å². The molecule has 1 atom stereocenters. The molecule has 1 aliphatic rings. The third-order valence-electron chi connectivity index (χ3n) is 3.46. The molecule has 0 bridgehead atoms. The molecule has 0 spiro atoms. The quantitative estimate of drug-likeness (QED) is 0.837. The van der Waals surface area contributed by atoms with Crippen molar-refractivity contribution in [1.82, 2.24) is 19.9 Å². The molecule has 1 amide bonds. The minimum absolute atomic E-state index is 0.0968. The Balaban J connectivity index is 1.65. The maximum absolute atomic E-state index is 12.3. The highest BCUT2D eigenvalue weighted by Gasteiger charge is 2.30. The molecule has 1 saturated heterocycles. The second kappa shape index (κ2) is 5.98. The van der Waals surface area contributed by atoms with E-state index in [0.29, 0.717) is 30.1 Å². The number of halogens is 1. The number of furan rings is 1. The van der Waals surface area contributed by atoms with Crippen LogP contribution in [0.2, 0.25) is 0 Å². The molecule has 8 heteroatoms. The third kappa shape index (κ3) is 3.01. The Hall–Kier alpha value is -1.67. The Labute approximate surface area is 130 Å². The van der Waals surface area contributed by atoms with Crippen LogP contribution in [0.15, 0.2) is 27.4 Å². The first-order valence-corrected chi connectivity index (χ1v) is 7.41. The molecular weight excluding hydrogens is 340 g/mol. The third-order valence-corrected chi connectivity index (χ3v) is 3.88. The van der Waals surface area contributed by atoms with Crippen LogP contribution in [0.25, 0.3) is 0 Å². The van der Waals surface area contributed by atoms with Gasteiger partial charge in [-0.2, -0.15) is 0 Å². The minimum Gasteiger partial charge on any atom is -0.444 e. The van der Waals surface area contributed by atoms with Gasteiger partial charge in [0.1, 0.15) is 5.69 Å². The van der Waals surface area contributed by atoms with Crippen molar-refractivity contribution in [1.29, 1.82) is 0 Å². The number of methoxy groups -OCH3 is 1. The highest BCUT2D eigenvalue weighted by molar-refractivity contribution is 9.10. The molecule has 2 aromatic heterocycles. The van der Waals surface area contributed by atoms with Crippen LogP contribution in [-0.4, -0.2) is 46.0 Å². The summed E-state index contributed by atoms with van der Waals surface area (Å²) in [6.07, 6.45) is 2.72. The van der Waals surface area contributed by atoms with E-state index in [2.05, 4.69) is 26.2 Å². The topological polar surface area (TPSA) is 73.4 Å². The summed E-state index contributed by atoms with van der Waals surface area (Å²) >= 11 is 3.20. The maximum Gasteiger partial charge on any atom is 0.289 e. The van der Waals surface area contributed by atoms with Crippen molar-refractivity contribution in [2.24, 2.45) is 0 Å². The fourth-order valence-electron chi connectivity index (χ4n) is 2.43. The zero-order valence-corrected chi connectivity index (χ0v) is 13.1. The number of amides is 1. The van der Waals surface area contributed by atoms with Crippen LogP contribution >= 0.6 is 15.9 Å². The molecule has 1 fully saturated rings. The largest absolute Gasteiger partial charge is 0.444 e. The van der Waals surface area contributed by atoms with Crippen molar-refractivity contribution in [3.05, 3.63) is 34.5 Å². The van der Waals surface area contributed by atoms with E-state index in [-0.39, 0.29) is 11.9 Å². The van der Waals surface area contributed by atoms with E-state index < -0.39 is 0 Å². The molecule has 3 heterocycles. The van der Waals surface area contributed by atoms with Crippen molar-refractivity contribution in [3.63, 3.8) is 0 Å². The molecule has 0 saturated carbocycles. The van der Waals surface area contributed by atoms with Crippen molar-refractivity contribution in [2.45, 2.75) is 19.1 Å². The number of hydrogen-bond donors (Lipinski definition) is 0. The SMILES string of the molecule is COCc1cn([C@@H]2CCN(C(=O)c3ccc(Br)o3)C2)nn1. The van der Waals surface area contributed by atoms with Crippen molar-refractivity contribution in [3.8, 4) is 0 Å². The number of nitrogens with zero attached hydrogens (tertiary/aromatic N) is 4. The number of carbonyl (C=O) groups excluding carboxylic acids is 1. The first kappa shape index (κ1) is 14.3. The summed E-state index contributed by atoms with van der Waals surface area (Å²) in [5.74, 6) is 0.251. The highest BCUT2D eigenvalue weighted by atomic mass is 79.9. The van der Waals surface area contributed by atoms with Gasteiger partial charge in [0, 0.05) is 20.2 Å². The number of carbonyl (C=O) groups is 1. The lowest BCUT2D eigenvalue weighted by Gasteiger charge is -2.14. The van der Waals surface area contributed by atoms with Crippen LogP contribution in [0.3, 0.4) is 0 Å². The molecule has 7 nitrogen and oxygen atoms in total. The van der Waals surface area contributed by atoms with Crippen LogP contribution in [-0.2, 0) is 11.3 Å². The Bertz CT molecular complexity index is 639. The van der Waals surface area contributed by atoms with Gasteiger partial charge in [-0.25, -0.2) is 4.68 Å². The monoisotopic (exact) mass is 354 g/mol. The molecule has 112 valence electrons. The second-order valence-electron chi connectivity index (χ2n) is 4.92. The number of ether oxygens (including phenoxy) is 1. The van der Waals surface area contributed by atoms with E-state index in [1.165, 1.54) is 0 Å². The van der Waals surface area contributed by atoms with Gasteiger partial charge in [-0.1, -0.05) is 5.21 Å². The first-order chi connectivity index (χ1) is 10.2. The number of rotatable bonds is 4. The fraction of sp³-hybridized carbons (Fsp3) is 0.462. The Morgan fingerprint density at radius 3 is 3.14 bits per heavy atom. The van der Waals surface area contributed by atoms with Crippen LogP contribution in [0, 0.1) is 0 Å². The summed E-state index contributed by atoms with van der Waals surface area (Å²) in [6.45, 7) is 1.73. The lowest BCUT2D eigenvalue weighted by atomic mass is 10.3. The van der Waals surface area contributed by atoms with Gasteiger partial charge in [0.15, 0.2) is 10.4 Å². The van der Waals surface area contributed by atoms with Gasteiger partial charge in [0.2, 0.25) is 0 Å². The van der Waals surface area contributed by atoms with E-state index >= 15 is 0 Å². The van der Waals surface area contributed by atoms with Crippen molar-refractivity contribution in [2.75, 3.05) is 20.2 Å². The van der Waals surface area contributed by atoms with E-state index in [9.17, 15) is 4.79 Å². The van der Waals surface area contributed by atoms with Gasteiger partial charge < -0.3 is 14.1 Å². The second-order valence-corrected chi connectivity index (χ2v) is 5.70. The number of aromatic nitrogens is 3. The van der Waals surface area contributed by atoms with Gasteiger partial charge in [-0.05, 0) is 34.5 Å². The molecule has 0 aliphatic carbocycles.